The van der Waals surface area contributed by atoms with Crippen molar-refractivity contribution in [2.24, 2.45) is 0 Å². The Morgan fingerprint density at radius 3 is 2.12 bits per heavy atom. The van der Waals surface area contributed by atoms with Crippen molar-refractivity contribution in [2.45, 2.75) is 92.5 Å². The van der Waals surface area contributed by atoms with E-state index in [9.17, 15) is 4.79 Å². The van der Waals surface area contributed by atoms with Crippen LogP contribution in [-0.2, 0) is 4.74 Å². The largest absolute Gasteiger partial charge is 0.445 e. The lowest BCUT2D eigenvalue weighted by atomic mass is 10.1. The molecule has 0 aliphatic heterocycles. The number of carbonyl (C=O) groups is 1. The Kier molecular flexibility index (Phi) is 13.9. The summed E-state index contributed by atoms with van der Waals surface area (Å²) >= 11 is 0. The van der Waals surface area contributed by atoms with Crippen molar-refractivity contribution in [3.63, 3.8) is 0 Å². The van der Waals surface area contributed by atoms with Gasteiger partial charge in [-0.1, -0.05) is 49.1 Å². The quantitative estimate of drug-likeness (QED) is 0.398. The van der Waals surface area contributed by atoms with Gasteiger partial charge in [-0.2, -0.15) is 0 Å². The maximum atomic E-state index is 11.7. The van der Waals surface area contributed by atoms with E-state index in [0.717, 1.165) is 44.9 Å². The minimum Gasteiger partial charge on any atom is -0.445 e. The van der Waals surface area contributed by atoms with Gasteiger partial charge >= 0.3 is 6.09 Å². The number of amides is 1. The number of nitrogens with one attached hydrogen (secondary N) is 1. The van der Waals surface area contributed by atoms with Crippen LogP contribution in [0.1, 0.15) is 86.5 Å². The van der Waals surface area contributed by atoms with E-state index in [2.05, 4.69) is 59.0 Å². The first-order valence-corrected chi connectivity index (χ1v) is 9.76. The van der Waals surface area contributed by atoms with E-state index in [1.807, 2.05) is 6.08 Å². The predicted molar refractivity (Wildman–Crippen MR) is 109 cm³/mol. The lowest BCUT2D eigenvalue weighted by Crippen LogP contribution is -2.34. The number of allylic oxidation sites excluding steroid dienone is 5. The van der Waals surface area contributed by atoms with E-state index in [0.29, 0.717) is 6.61 Å². The highest BCUT2D eigenvalue weighted by Crippen LogP contribution is 2.11. The molecule has 0 aromatic carbocycles. The molecule has 0 heterocycles. The third-order valence-electron chi connectivity index (χ3n) is 4.22. The molecule has 0 aromatic rings. The SMILES string of the molecule is CCCC(CC)NC(=O)OC/C=C(\C)CC/C=C(\C)CCC=C(C)C. The Balaban J connectivity index is 4.01. The fraction of sp³-hybridized carbons (Fsp3) is 0.682. The molecule has 0 fully saturated rings. The van der Waals surface area contributed by atoms with Gasteiger partial charge in [-0.05, 0) is 72.3 Å². The molecular formula is C22H39NO2. The summed E-state index contributed by atoms with van der Waals surface area (Å²) in [5.41, 5.74) is 4.10. The standard InChI is InChI=1S/C22H39NO2/c1-7-11-21(8-2)23-22(24)25-17-16-20(6)15-10-14-19(5)13-9-12-18(3)4/h12,14,16,21H,7-11,13,15,17H2,1-6H3,(H,23,24)/b19-14+,20-16+. The topological polar surface area (TPSA) is 38.3 Å². The van der Waals surface area contributed by atoms with Gasteiger partial charge in [-0.25, -0.2) is 4.79 Å². The van der Waals surface area contributed by atoms with E-state index >= 15 is 0 Å². The number of hydrogen-bond donors (Lipinski definition) is 1. The monoisotopic (exact) mass is 349 g/mol. The zero-order valence-corrected chi connectivity index (χ0v) is 17.3. The Morgan fingerprint density at radius 1 is 0.960 bits per heavy atom. The molecule has 0 aliphatic carbocycles. The van der Waals surface area contributed by atoms with E-state index in [1.165, 1.54) is 16.7 Å². The van der Waals surface area contributed by atoms with Crippen LogP contribution in [0.2, 0.25) is 0 Å². The molecule has 0 saturated heterocycles. The molecule has 0 saturated carbocycles. The minimum atomic E-state index is -0.306. The Morgan fingerprint density at radius 2 is 1.56 bits per heavy atom. The molecular weight excluding hydrogens is 310 g/mol. The number of carbonyl (C=O) groups excluding carboxylic acids is 1. The molecule has 144 valence electrons. The maximum absolute atomic E-state index is 11.7. The fourth-order valence-corrected chi connectivity index (χ4v) is 2.53. The predicted octanol–water partition coefficient (Wildman–Crippen LogP) is 6.71. The molecule has 0 aromatic heterocycles. The molecule has 0 rings (SSSR count). The van der Waals surface area contributed by atoms with Crippen molar-refractivity contribution in [1.82, 2.24) is 5.32 Å². The van der Waals surface area contributed by atoms with Crippen molar-refractivity contribution in [1.29, 1.82) is 0 Å². The molecule has 1 unspecified atom stereocenters. The van der Waals surface area contributed by atoms with Gasteiger partial charge in [0.15, 0.2) is 0 Å². The molecule has 3 heteroatoms. The second-order valence-electron chi connectivity index (χ2n) is 7.10. The van der Waals surface area contributed by atoms with Crippen molar-refractivity contribution in [3.8, 4) is 0 Å². The van der Waals surface area contributed by atoms with Gasteiger partial charge in [0.1, 0.15) is 6.61 Å². The first-order valence-electron chi connectivity index (χ1n) is 9.76. The summed E-state index contributed by atoms with van der Waals surface area (Å²) in [6.45, 7) is 13.1. The molecule has 0 spiro atoms. The highest BCUT2D eigenvalue weighted by molar-refractivity contribution is 5.67. The normalized spacial score (nSPS) is 13.4. The van der Waals surface area contributed by atoms with Gasteiger partial charge in [0.05, 0.1) is 0 Å². The van der Waals surface area contributed by atoms with E-state index in [-0.39, 0.29) is 12.1 Å². The fourth-order valence-electron chi connectivity index (χ4n) is 2.53. The van der Waals surface area contributed by atoms with Crippen LogP contribution >= 0.6 is 0 Å². The van der Waals surface area contributed by atoms with Crippen LogP contribution in [-0.4, -0.2) is 18.7 Å². The molecule has 1 N–H and O–H groups in total. The van der Waals surface area contributed by atoms with Gasteiger partial charge in [0.25, 0.3) is 0 Å². The lowest BCUT2D eigenvalue weighted by molar-refractivity contribution is 0.152. The summed E-state index contributed by atoms with van der Waals surface area (Å²) in [5, 5.41) is 2.92. The number of rotatable bonds is 12. The minimum absolute atomic E-state index is 0.224. The zero-order chi connectivity index (χ0) is 19.1. The van der Waals surface area contributed by atoms with Gasteiger partial charge in [-0.15, -0.1) is 0 Å². The zero-order valence-electron chi connectivity index (χ0n) is 17.3. The van der Waals surface area contributed by atoms with Crippen LogP contribution in [0.15, 0.2) is 34.9 Å². The van der Waals surface area contributed by atoms with Crippen molar-refractivity contribution in [2.75, 3.05) is 6.61 Å². The summed E-state index contributed by atoms with van der Waals surface area (Å²) in [7, 11) is 0. The second-order valence-corrected chi connectivity index (χ2v) is 7.10. The number of hydrogen-bond acceptors (Lipinski definition) is 2. The van der Waals surface area contributed by atoms with Gasteiger partial charge < -0.3 is 10.1 Å². The van der Waals surface area contributed by atoms with Crippen molar-refractivity contribution >= 4 is 6.09 Å². The van der Waals surface area contributed by atoms with E-state index in [1.54, 1.807) is 0 Å². The maximum Gasteiger partial charge on any atom is 0.407 e. The average molecular weight is 350 g/mol. The van der Waals surface area contributed by atoms with E-state index in [4.69, 9.17) is 4.74 Å². The third kappa shape index (κ3) is 14.5. The van der Waals surface area contributed by atoms with Crippen LogP contribution in [0, 0.1) is 0 Å². The summed E-state index contributed by atoms with van der Waals surface area (Å²) in [6, 6.07) is 0.224. The molecule has 0 bridgehead atoms. The number of ether oxygens (including phenoxy) is 1. The van der Waals surface area contributed by atoms with Crippen LogP contribution in [0.4, 0.5) is 4.79 Å². The Hall–Kier alpha value is -1.51. The van der Waals surface area contributed by atoms with Crippen LogP contribution in [0.5, 0.6) is 0 Å². The van der Waals surface area contributed by atoms with E-state index < -0.39 is 0 Å². The van der Waals surface area contributed by atoms with Crippen molar-refractivity contribution in [3.05, 3.63) is 34.9 Å². The van der Waals surface area contributed by atoms with Gasteiger partial charge in [-0.3, -0.25) is 0 Å². The Bertz CT molecular complexity index is 457. The molecule has 3 nitrogen and oxygen atoms in total. The van der Waals surface area contributed by atoms with Crippen LogP contribution < -0.4 is 5.32 Å². The second kappa shape index (κ2) is 14.8. The first-order chi connectivity index (χ1) is 11.9. The number of alkyl carbamates (subject to hydrolysis) is 1. The lowest BCUT2D eigenvalue weighted by Gasteiger charge is -2.15. The van der Waals surface area contributed by atoms with Crippen LogP contribution in [0.25, 0.3) is 0 Å². The van der Waals surface area contributed by atoms with Gasteiger partial charge in [0.2, 0.25) is 0 Å². The first kappa shape index (κ1) is 23.5. The molecule has 0 aliphatic rings. The third-order valence-corrected chi connectivity index (χ3v) is 4.22. The van der Waals surface area contributed by atoms with Gasteiger partial charge in [0, 0.05) is 6.04 Å². The smallest absolute Gasteiger partial charge is 0.407 e. The summed E-state index contributed by atoms with van der Waals surface area (Å²) < 4.78 is 5.25. The highest BCUT2D eigenvalue weighted by atomic mass is 16.5. The van der Waals surface area contributed by atoms with Crippen molar-refractivity contribution < 1.29 is 9.53 Å². The Labute approximate surface area is 155 Å². The molecule has 1 amide bonds. The molecule has 0 radical (unpaired) electrons. The summed E-state index contributed by atoms with van der Waals surface area (Å²) in [6.07, 6.45) is 13.6. The average Bonchev–Trinajstić information content (AvgIpc) is 2.54. The molecule has 1 atom stereocenters. The van der Waals surface area contributed by atoms with Crippen LogP contribution in [0.3, 0.4) is 0 Å². The highest BCUT2D eigenvalue weighted by Gasteiger charge is 2.09. The summed E-state index contributed by atoms with van der Waals surface area (Å²) in [5.74, 6) is 0. The summed E-state index contributed by atoms with van der Waals surface area (Å²) in [4.78, 5) is 11.7. The molecule has 25 heavy (non-hydrogen) atoms.